The summed E-state index contributed by atoms with van der Waals surface area (Å²) in [4.78, 5) is 18.4. The molecule has 0 fully saturated rings. The lowest BCUT2D eigenvalue weighted by atomic mass is 9.95. The maximum absolute atomic E-state index is 13.7. The van der Waals surface area contributed by atoms with Gasteiger partial charge in [-0.05, 0) is 67.9 Å². The summed E-state index contributed by atoms with van der Waals surface area (Å²) in [7, 11) is 1.55. The van der Waals surface area contributed by atoms with Crippen LogP contribution in [0.15, 0.2) is 84.1 Å². The highest BCUT2D eigenvalue weighted by Crippen LogP contribution is 2.38. The number of nitrogens with zero attached hydrogens (tertiary/aromatic N) is 3. The number of carbonyl (C=O) groups is 1. The molecule has 3 N–H and O–H groups in total. The topological polar surface area (TPSA) is 111 Å². The molecule has 3 aromatic carbocycles. The molecule has 0 saturated carbocycles. The SMILES string of the molecule is CCOc1ccc(-c2nc3n(n2)C(c2cccc(O)c2)C(C(=O)Nc2ccccc2OC)=C(C)N3)cc1. The number of rotatable bonds is 7. The molecule has 1 unspecified atom stereocenters. The van der Waals surface area contributed by atoms with Crippen molar-refractivity contribution in [2.24, 2.45) is 0 Å². The normalized spacial score (nSPS) is 14.5. The Labute approximate surface area is 214 Å². The molecule has 0 spiro atoms. The van der Waals surface area contributed by atoms with Crippen LogP contribution in [0.3, 0.4) is 0 Å². The number of aromatic hydroxyl groups is 1. The van der Waals surface area contributed by atoms with Gasteiger partial charge in [0.05, 0.1) is 25.0 Å². The second kappa shape index (κ2) is 10.1. The van der Waals surface area contributed by atoms with Crippen LogP contribution in [0.4, 0.5) is 11.6 Å². The van der Waals surface area contributed by atoms with Gasteiger partial charge in [0, 0.05) is 11.3 Å². The Hall–Kier alpha value is -4.79. The Balaban J connectivity index is 1.57. The first-order valence-corrected chi connectivity index (χ1v) is 11.9. The number of phenols is 1. The molecule has 37 heavy (non-hydrogen) atoms. The van der Waals surface area contributed by atoms with E-state index in [1.54, 1.807) is 42.1 Å². The van der Waals surface area contributed by atoms with Gasteiger partial charge in [-0.2, -0.15) is 4.98 Å². The molecule has 0 aliphatic carbocycles. The Morgan fingerprint density at radius 2 is 1.89 bits per heavy atom. The third-order valence-electron chi connectivity index (χ3n) is 6.06. The zero-order chi connectivity index (χ0) is 25.9. The van der Waals surface area contributed by atoms with Gasteiger partial charge in [0.25, 0.3) is 5.91 Å². The fourth-order valence-corrected chi connectivity index (χ4v) is 4.37. The third kappa shape index (κ3) is 4.71. The molecular formula is C28H27N5O4. The second-order valence-corrected chi connectivity index (χ2v) is 8.48. The van der Waals surface area contributed by atoms with Crippen molar-refractivity contribution in [3.63, 3.8) is 0 Å². The van der Waals surface area contributed by atoms with Gasteiger partial charge in [-0.15, -0.1) is 5.10 Å². The van der Waals surface area contributed by atoms with Crippen LogP contribution in [0.2, 0.25) is 0 Å². The average molecular weight is 498 g/mol. The molecule has 0 bridgehead atoms. The number of carbonyl (C=O) groups excluding carboxylic acids is 1. The smallest absolute Gasteiger partial charge is 0.255 e. The minimum absolute atomic E-state index is 0.0894. The fourth-order valence-electron chi connectivity index (χ4n) is 4.37. The molecule has 188 valence electrons. The van der Waals surface area contributed by atoms with Crippen LogP contribution < -0.4 is 20.1 Å². The number of ether oxygens (including phenoxy) is 2. The molecule has 1 amide bonds. The molecule has 1 aromatic heterocycles. The number of nitrogens with one attached hydrogen (secondary N) is 2. The monoisotopic (exact) mass is 497 g/mol. The number of benzene rings is 3. The van der Waals surface area contributed by atoms with Crippen molar-refractivity contribution in [3.8, 4) is 28.6 Å². The highest BCUT2D eigenvalue weighted by molar-refractivity contribution is 6.06. The first kappa shape index (κ1) is 23.9. The number of amides is 1. The summed E-state index contributed by atoms with van der Waals surface area (Å²) in [6, 6.07) is 20.9. The van der Waals surface area contributed by atoms with Crippen molar-refractivity contribution in [1.82, 2.24) is 14.8 Å². The van der Waals surface area contributed by atoms with E-state index < -0.39 is 6.04 Å². The van der Waals surface area contributed by atoms with E-state index in [9.17, 15) is 9.90 Å². The van der Waals surface area contributed by atoms with Crippen LogP contribution in [0.1, 0.15) is 25.5 Å². The van der Waals surface area contributed by atoms with E-state index in [1.165, 1.54) is 0 Å². The van der Waals surface area contributed by atoms with Crippen LogP contribution in [0, 0.1) is 0 Å². The zero-order valence-electron chi connectivity index (χ0n) is 20.7. The number of para-hydroxylation sites is 2. The summed E-state index contributed by atoms with van der Waals surface area (Å²) < 4.78 is 12.6. The Morgan fingerprint density at radius 1 is 1.11 bits per heavy atom. The number of hydrogen-bond acceptors (Lipinski definition) is 7. The van der Waals surface area contributed by atoms with Gasteiger partial charge >= 0.3 is 0 Å². The highest BCUT2D eigenvalue weighted by Gasteiger charge is 2.35. The van der Waals surface area contributed by atoms with Crippen molar-refractivity contribution >= 4 is 17.5 Å². The number of methoxy groups -OCH3 is 1. The quantitative estimate of drug-likeness (QED) is 0.330. The molecule has 9 heteroatoms. The minimum atomic E-state index is -0.637. The molecule has 5 rings (SSSR count). The van der Waals surface area contributed by atoms with Gasteiger partial charge in [0.2, 0.25) is 5.95 Å². The molecule has 1 aliphatic rings. The third-order valence-corrected chi connectivity index (χ3v) is 6.06. The van der Waals surface area contributed by atoms with E-state index in [2.05, 4.69) is 10.6 Å². The number of hydrogen-bond donors (Lipinski definition) is 3. The van der Waals surface area contributed by atoms with Crippen LogP contribution >= 0.6 is 0 Å². The van der Waals surface area contributed by atoms with Crippen LogP contribution in [0.25, 0.3) is 11.4 Å². The van der Waals surface area contributed by atoms with Gasteiger partial charge in [0.15, 0.2) is 5.82 Å². The van der Waals surface area contributed by atoms with Crippen LogP contribution in [0.5, 0.6) is 17.2 Å². The van der Waals surface area contributed by atoms with E-state index >= 15 is 0 Å². The van der Waals surface area contributed by atoms with Crippen LogP contribution in [-0.4, -0.2) is 39.5 Å². The Bertz CT molecular complexity index is 1480. The number of anilines is 2. The molecule has 9 nitrogen and oxygen atoms in total. The van der Waals surface area contributed by atoms with Crippen LogP contribution in [-0.2, 0) is 4.79 Å². The first-order valence-electron chi connectivity index (χ1n) is 11.9. The summed E-state index contributed by atoms with van der Waals surface area (Å²) in [6.45, 7) is 4.33. The van der Waals surface area contributed by atoms with E-state index in [4.69, 9.17) is 19.6 Å². The predicted molar refractivity (Wildman–Crippen MR) is 141 cm³/mol. The van der Waals surface area contributed by atoms with Gasteiger partial charge in [-0.1, -0.05) is 24.3 Å². The molecule has 1 atom stereocenters. The van der Waals surface area contributed by atoms with Crippen molar-refractivity contribution in [3.05, 3.63) is 89.6 Å². The summed E-state index contributed by atoms with van der Waals surface area (Å²) in [6.07, 6.45) is 0. The summed E-state index contributed by atoms with van der Waals surface area (Å²) in [5, 5.41) is 21.2. The van der Waals surface area contributed by atoms with Crippen molar-refractivity contribution in [2.45, 2.75) is 19.9 Å². The number of aromatic nitrogens is 3. The Kier molecular flexibility index (Phi) is 6.51. The zero-order valence-corrected chi connectivity index (χ0v) is 20.7. The molecular weight excluding hydrogens is 470 g/mol. The maximum Gasteiger partial charge on any atom is 0.255 e. The standard InChI is InChI=1S/C28H27N5O4/c1-4-37-21-14-12-18(13-15-21)26-31-28-29-17(2)24(27(35)30-22-10-5-6-11-23(22)36-3)25(33(28)32-26)19-8-7-9-20(34)16-19/h5-16,25,34H,4H2,1-3H3,(H,30,35)(H,29,31,32). The second-order valence-electron chi connectivity index (χ2n) is 8.48. The summed E-state index contributed by atoms with van der Waals surface area (Å²) in [5.74, 6) is 2.06. The van der Waals surface area contributed by atoms with Gasteiger partial charge in [-0.3, -0.25) is 4.79 Å². The van der Waals surface area contributed by atoms with Crippen molar-refractivity contribution < 1.29 is 19.4 Å². The molecule has 4 aromatic rings. The lowest BCUT2D eigenvalue weighted by Crippen LogP contribution is -2.31. The predicted octanol–water partition coefficient (Wildman–Crippen LogP) is 4.99. The van der Waals surface area contributed by atoms with Gasteiger partial charge < -0.3 is 25.2 Å². The lowest BCUT2D eigenvalue weighted by Gasteiger charge is -2.29. The maximum atomic E-state index is 13.7. The highest BCUT2D eigenvalue weighted by atomic mass is 16.5. The summed E-state index contributed by atoms with van der Waals surface area (Å²) in [5.41, 5.74) is 3.10. The van der Waals surface area contributed by atoms with Crippen molar-refractivity contribution in [1.29, 1.82) is 0 Å². The van der Waals surface area contributed by atoms with E-state index in [-0.39, 0.29) is 11.7 Å². The van der Waals surface area contributed by atoms with E-state index in [1.807, 2.05) is 56.3 Å². The van der Waals surface area contributed by atoms with Crippen molar-refractivity contribution in [2.75, 3.05) is 24.4 Å². The fraction of sp³-hybridized carbons (Fsp3) is 0.179. The number of phenolic OH excluding ortho intramolecular Hbond substituents is 1. The largest absolute Gasteiger partial charge is 0.508 e. The van der Waals surface area contributed by atoms with Gasteiger partial charge in [0.1, 0.15) is 23.3 Å². The first-order chi connectivity index (χ1) is 18.0. The van der Waals surface area contributed by atoms with E-state index in [0.717, 1.165) is 11.3 Å². The van der Waals surface area contributed by atoms with E-state index in [0.29, 0.717) is 46.7 Å². The number of fused-ring (bicyclic) bond motifs is 1. The molecule has 1 aliphatic heterocycles. The molecule has 2 heterocycles. The average Bonchev–Trinajstić information content (AvgIpc) is 3.32. The lowest BCUT2D eigenvalue weighted by molar-refractivity contribution is -0.113. The number of allylic oxidation sites excluding steroid dienone is 1. The Morgan fingerprint density at radius 3 is 2.62 bits per heavy atom. The molecule has 0 saturated heterocycles. The summed E-state index contributed by atoms with van der Waals surface area (Å²) >= 11 is 0. The molecule has 0 radical (unpaired) electrons. The van der Waals surface area contributed by atoms with Gasteiger partial charge in [-0.25, -0.2) is 4.68 Å². The minimum Gasteiger partial charge on any atom is -0.508 e.